The summed E-state index contributed by atoms with van der Waals surface area (Å²) in [5, 5.41) is 6.80. The molecule has 0 aliphatic heterocycles. The van der Waals surface area contributed by atoms with Gasteiger partial charge in [-0.15, -0.1) is 35.7 Å². The predicted octanol–water partition coefficient (Wildman–Crippen LogP) is 3.29. The second-order valence-electron chi connectivity index (χ2n) is 5.41. The largest absolute Gasteiger partial charge is 0.463 e. The van der Waals surface area contributed by atoms with Crippen LogP contribution in [-0.2, 0) is 9.53 Å². The van der Waals surface area contributed by atoms with E-state index in [1.165, 1.54) is 4.90 Å². The van der Waals surface area contributed by atoms with E-state index in [1.54, 1.807) is 7.05 Å². The first-order valence-electron chi connectivity index (χ1n) is 7.87. The molecular formula is C17H28IN3O2S. The van der Waals surface area contributed by atoms with Crippen LogP contribution >= 0.6 is 35.7 Å². The Labute approximate surface area is 166 Å². The van der Waals surface area contributed by atoms with E-state index in [2.05, 4.69) is 34.7 Å². The molecule has 0 aromatic heterocycles. The maximum Gasteiger partial charge on any atom is 0.307 e. The van der Waals surface area contributed by atoms with E-state index in [-0.39, 0.29) is 36.0 Å². The molecule has 0 aliphatic rings. The average Bonchev–Trinajstić information content (AvgIpc) is 2.51. The third kappa shape index (κ3) is 10.7. The lowest BCUT2D eigenvalue weighted by Crippen LogP contribution is -2.40. The molecule has 2 N–H and O–H groups in total. The van der Waals surface area contributed by atoms with Crippen LogP contribution in [0.5, 0.6) is 0 Å². The first kappa shape index (κ1) is 23.0. The van der Waals surface area contributed by atoms with Crippen molar-refractivity contribution in [2.24, 2.45) is 4.99 Å². The second-order valence-corrected chi connectivity index (χ2v) is 6.92. The highest BCUT2D eigenvalue weighted by molar-refractivity contribution is 14.0. The third-order valence-corrected chi connectivity index (χ3v) is 3.96. The minimum Gasteiger partial charge on any atom is -0.463 e. The van der Waals surface area contributed by atoms with Crippen LogP contribution in [0.1, 0.15) is 27.2 Å². The van der Waals surface area contributed by atoms with Crippen molar-refractivity contribution in [2.75, 3.05) is 20.1 Å². The zero-order chi connectivity index (χ0) is 17.1. The maximum atomic E-state index is 11.5. The van der Waals surface area contributed by atoms with Crippen molar-refractivity contribution >= 4 is 47.7 Å². The van der Waals surface area contributed by atoms with Crippen molar-refractivity contribution in [3.63, 3.8) is 0 Å². The fraction of sp³-hybridized carbons (Fsp3) is 0.529. The molecule has 0 aliphatic carbocycles. The van der Waals surface area contributed by atoms with Gasteiger partial charge < -0.3 is 15.4 Å². The highest BCUT2D eigenvalue weighted by Gasteiger charge is 2.08. The number of nitrogens with one attached hydrogen (secondary N) is 2. The number of halogens is 1. The van der Waals surface area contributed by atoms with Crippen LogP contribution in [0, 0.1) is 0 Å². The van der Waals surface area contributed by atoms with Crippen molar-refractivity contribution in [2.45, 2.75) is 43.4 Å². The van der Waals surface area contributed by atoms with Crippen molar-refractivity contribution in [3.05, 3.63) is 30.3 Å². The van der Waals surface area contributed by atoms with Crippen LogP contribution in [0.4, 0.5) is 0 Å². The number of hydrogen-bond donors (Lipinski definition) is 2. The van der Waals surface area contributed by atoms with E-state index in [9.17, 15) is 4.79 Å². The summed E-state index contributed by atoms with van der Waals surface area (Å²) < 4.78 is 5.09. The second kappa shape index (κ2) is 13.3. The molecule has 0 bridgehead atoms. The Morgan fingerprint density at radius 2 is 1.88 bits per heavy atom. The molecule has 1 unspecified atom stereocenters. The van der Waals surface area contributed by atoms with Gasteiger partial charge in [-0.1, -0.05) is 25.1 Å². The molecule has 0 saturated carbocycles. The predicted molar refractivity (Wildman–Crippen MR) is 112 cm³/mol. The average molecular weight is 465 g/mol. The maximum absolute atomic E-state index is 11.5. The van der Waals surface area contributed by atoms with Crippen LogP contribution < -0.4 is 10.6 Å². The molecule has 1 atom stereocenters. The first-order chi connectivity index (χ1) is 11.0. The molecule has 0 heterocycles. The smallest absolute Gasteiger partial charge is 0.307 e. The normalized spacial score (nSPS) is 12.3. The Bertz CT molecular complexity index is 498. The van der Waals surface area contributed by atoms with E-state index in [0.717, 1.165) is 6.54 Å². The molecule has 5 nitrogen and oxygen atoms in total. The molecule has 1 rings (SSSR count). The van der Waals surface area contributed by atoms with Gasteiger partial charge in [-0.25, -0.2) is 0 Å². The van der Waals surface area contributed by atoms with Gasteiger partial charge in [0.05, 0.1) is 12.5 Å². The number of guanidine groups is 1. The molecule has 0 amide bonds. The number of esters is 1. The van der Waals surface area contributed by atoms with Gasteiger partial charge in [-0.05, 0) is 26.0 Å². The Morgan fingerprint density at radius 3 is 2.46 bits per heavy atom. The third-order valence-electron chi connectivity index (χ3n) is 2.85. The number of ether oxygens (including phenoxy) is 1. The standard InChI is InChI=1S/C17H27N3O2S.HI/c1-13(2)22-16(21)10-11-19-17(18-4)20-12-14(3)23-15-8-6-5-7-9-15;/h5-9,13-14H,10-12H2,1-4H3,(H2,18,19,20);1H. The van der Waals surface area contributed by atoms with Crippen LogP contribution in [-0.4, -0.2) is 43.4 Å². The van der Waals surface area contributed by atoms with E-state index in [0.29, 0.717) is 24.2 Å². The van der Waals surface area contributed by atoms with E-state index < -0.39 is 0 Å². The monoisotopic (exact) mass is 465 g/mol. The number of rotatable bonds is 8. The molecule has 0 saturated heterocycles. The van der Waals surface area contributed by atoms with Gasteiger partial charge >= 0.3 is 5.97 Å². The Hall–Kier alpha value is -0.960. The highest BCUT2D eigenvalue weighted by Crippen LogP contribution is 2.21. The number of nitrogens with zero attached hydrogens (tertiary/aromatic N) is 1. The highest BCUT2D eigenvalue weighted by atomic mass is 127. The summed E-state index contributed by atoms with van der Waals surface area (Å²) >= 11 is 1.81. The van der Waals surface area contributed by atoms with Crippen molar-refractivity contribution in [1.82, 2.24) is 10.6 Å². The number of carbonyl (C=O) groups is 1. The molecule has 0 radical (unpaired) electrons. The number of thioether (sulfide) groups is 1. The summed E-state index contributed by atoms with van der Waals surface area (Å²) in [5.74, 6) is 0.499. The summed E-state index contributed by atoms with van der Waals surface area (Å²) in [6, 6.07) is 10.3. The zero-order valence-corrected chi connectivity index (χ0v) is 17.9. The van der Waals surface area contributed by atoms with Gasteiger partial charge in [0.25, 0.3) is 0 Å². The first-order valence-corrected chi connectivity index (χ1v) is 8.75. The SMILES string of the molecule is CN=C(NCCC(=O)OC(C)C)NCC(C)Sc1ccccc1.I. The number of carbonyl (C=O) groups excluding carboxylic acids is 1. The van der Waals surface area contributed by atoms with Gasteiger partial charge in [0.15, 0.2) is 5.96 Å². The minimum atomic E-state index is -0.198. The van der Waals surface area contributed by atoms with E-state index in [1.807, 2.05) is 43.8 Å². The summed E-state index contributed by atoms with van der Waals surface area (Å²) in [7, 11) is 1.72. The topological polar surface area (TPSA) is 62.7 Å². The Balaban J connectivity index is 0.00000529. The Morgan fingerprint density at radius 1 is 1.21 bits per heavy atom. The molecule has 1 aromatic carbocycles. The molecule has 0 spiro atoms. The lowest BCUT2D eigenvalue weighted by Gasteiger charge is -2.16. The quantitative estimate of drug-likeness (QED) is 0.203. The minimum absolute atomic E-state index is 0. The van der Waals surface area contributed by atoms with Crippen LogP contribution in [0.3, 0.4) is 0 Å². The van der Waals surface area contributed by atoms with Gasteiger partial charge in [0, 0.05) is 30.3 Å². The molecule has 136 valence electrons. The van der Waals surface area contributed by atoms with Gasteiger partial charge in [0.2, 0.25) is 0 Å². The summed E-state index contributed by atoms with van der Waals surface area (Å²) in [6.07, 6.45) is 0.253. The summed E-state index contributed by atoms with van der Waals surface area (Å²) in [4.78, 5) is 16.9. The van der Waals surface area contributed by atoms with Gasteiger partial charge in [-0.2, -0.15) is 0 Å². The number of aliphatic imine (C=N–C) groups is 1. The molecule has 0 fully saturated rings. The molecule has 24 heavy (non-hydrogen) atoms. The molecule has 7 heteroatoms. The van der Waals surface area contributed by atoms with E-state index in [4.69, 9.17) is 4.74 Å². The number of hydrogen-bond acceptors (Lipinski definition) is 4. The fourth-order valence-corrected chi connectivity index (χ4v) is 2.78. The summed E-state index contributed by atoms with van der Waals surface area (Å²) in [6.45, 7) is 7.15. The molecular weight excluding hydrogens is 437 g/mol. The van der Waals surface area contributed by atoms with Gasteiger partial charge in [0.1, 0.15) is 0 Å². The van der Waals surface area contributed by atoms with E-state index >= 15 is 0 Å². The van der Waals surface area contributed by atoms with Crippen LogP contribution in [0.25, 0.3) is 0 Å². The number of benzene rings is 1. The fourth-order valence-electron chi connectivity index (χ4n) is 1.84. The van der Waals surface area contributed by atoms with Crippen molar-refractivity contribution in [3.8, 4) is 0 Å². The summed E-state index contributed by atoms with van der Waals surface area (Å²) in [5.41, 5.74) is 0. The van der Waals surface area contributed by atoms with Crippen molar-refractivity contribution in [1.29, 1.82) is 0 Å². The lowest BCUT2D eigenvalue weighted by molar-refractivity contribution is -0.147. The molecule has 1 aromatic rings. The van der Waals surface area contributed by atoms with Gasteiger partial charge in [-0.3, -0.25) is 9.79 Å². The zero-order valence-electron chi connectivity index (χ0n) is 14.7. The van der Waals surface area contributed by atoms with Crippen molar-refractivity contribution < 1.29 is 9.53 Å². The van der Waals surface area contributed by atoms with Crippen LogP contribution in [0.2, 0.25) is 0 Å². The van der Waals surface area contributed by atoms with Crippen LogP contribution in [0.15, 0.2) is 40.2 Å². The lowest BCUT2D eigenvalue weighted by atomic mass is 10.4. The Kier molecular flexibility index (Phi) is 12.8.